The monoisotopic (exact) mass is 337 g/mol. The van der Waals surface area contributed by atoms with Crippen LogP contribution in [0.5, 0.6) is 0 Å². The maximum Gasteiger partial charge on any atom is 0.167 e. The van der Waals surface area contributed by atoms with E-state index in [1.54, 1.807) is 32.2 Å². The van der Waals surface area contributed by atoms with E-state index >= 15 is 0 Å². The van der Waals surface area contributed by atoms with E-state index in [4.69, 9.17) is 24.7 Å². The van der Waals surface area contributed by atoms with Crippen LogP contribution >= 0.6 is 0 Å². The van der Waals surface area contributed by atoms with E-state index in [1.807, 2.05) is 6.92 Å². The van der Waals surface area contributed by atoms with E-state index in [2.05, 4.69) is 15.0 Å². The van der Waals surface area contributed by atoms with Crippen molar-refractivity contribution in [3.8, 4) is 0 Å². The summed E-state index contributed by atoms with van der Waals surface area (Å²) in [6.45, 7) is 2.43. The van der Waals surface area contributed by atoms with Crippen LogP contribution in [0.1, 0.15) is 19.6 Å². The van der Waals surface area contributed by atoms with Crippen LogP contribution in [0.25, 0.3) is 11.2 Å². The highest BCUT2D eigenvalue weighted by molar-refractivity contribution is 5.81. The van der Waals surface area contributed by atoms with E-state index in [0.29, 0.717) is 30.0 Å². The average molecular weight is 337 g/mol. The van der Waals surface area contributed by atoms with Gasteiger partial charge in [-0.1, -0.05) is 6.92 Å². The van der Waals surface area contributed by atoms with Crippen LogP contribution in [0.15, 0.2) is 12.7 Å². The lowest BCUT2D eigenvalue weighted by Crippen LogP contribution is -2.47. The molecule has 1 fully saturated rings. The van der Waals surface area contributed by atoms with Crippen molar-refractivity contribution >= 4 is 17.0 Å². The first-order chi connectivity index (χ1) is 11.6. The number of rotatable bonds is 6. The molecule has 1 aliphatic rings. The Hall–Kier alpha value is -1.81. The van der Waals surface area contributed by atoms with Gasteiger partial charge >= 0.3 is 0 Å². The summed E-state index contributed by atoms with van der Waals surface area (Å²) >= 11 is 0. The zero-order chi connectivity index (χ0) is 17.3. The van der Waals surface area contributed by atoms with Crippen LogP contribution in [0.3, 0.4) is 0 Å². The van der Waals surface area contributed by atoms with Crippen molar-refractivity contribution in [2.24, 2.45) is 0 Å². The topological polar surface area (TPSA) is 107 Å². The first kappa shape index (κ1) is 17.0. The van der Waals surface area contributed by atoms with E-state index in [-0.39, 0.29) is 12.2 Å². The molecule has 0 radical (unpaired) electrons. The summed E-state index contributed by atoms with van der Waals surface area (Å²) < 4.78 is 25.0. The predicted molar refractivity (Wildman–Crippen MR) is 86.3 cm³/mol. The first-order valence-corrected chi connectivity index (χ1v) is 7.77. The number of ether oxygens (including phenoxy) is 4. The minimum absolute atomic E-state index is 0.297. The van der Waals surface area contributed by atoms with Gasteiger partial charge in [-0.05, 0) is 6.42 Å². The minimum atomic E-state index is -0.621. The fourth-order valence-corrected chi connectivity index (χ4v) is 3.43. The summed E-state index contributed by atoms with van der Waals surface area (Å²) in [6, 6.07) is 0. The molecule has 4 atom stereocenters. The molecule has 2 unspecified atom stereocenters. The van der Waals surface area contributed by atoms with Crippen LogP contribution in [0.2, 0.25) is 0 Å². The fourth-order valence-electron chi connectivity index (χ4n) is 3.43. The molecule has 0 spiro atoms. The maximum atomic E-state index is 6.38. The molecule has 3 rings (SSSR count). The highest BCUT2D eigenvalue weighted by atomic mass is 16.6. The lowest BCUT2D eigenvalue weighted by molar-refractivity contribution is -0.141. The van der Waals surface area contributed by atoms with Gasteiger partial charge in [-0.25, -0.2) is 15.0 Å². The number of fused-ring (bicyclic) bond motifs is 1. The average Bonchev–Trinajstić information content (AvgIpc) is 3.15. The van der Waals surface area contributed by atoms with Gasteiger partial charge in [0.15, 0.2) is 17.7 Å². The normalized spacial score (nSPS) is 30.2. The molecule has 0 amide bonds. The van der Waals surface area contributed by atoms with E-state index < -0.39 is 11.8 Å². The molecule has 0 aliphatic carbocycles. The van der Waals surface area contributed by atoms with E-state index in [9.17, 15) is 0 Å². The number of anilines is 1. The molecule has 1 saturated heterocycles. The Kier molecular flexibility index (Phi) is 4.68. The van der Waals surface area contributed by atoms with Gasteiger partial charge in [0, 0.05) is 21.3 Å². The van der Waals surface area contributed by atoms with Crippen LogP contribution in [-0.4, -0.2) is 65.3 Å². The van der Waals surface area contributed by atoms with Gasteiger partial charge in [-0.3, -0.25) is 4.57 Å². The van der Waals surface area contributed by atoms with Gasteiger partial charge in [0.1, 0.15) is 29.7 Å². The zero-order valence-corrected chi connectivity index (χ0v) is 14.3. The van der Waals surface area contributed by atoms with Crippen LogP contribution < -0.4 is 5.73 Å². The highest BCUT2D eigenvalue weighted by Gasteiger charge is 2.56. The number of nitrogens with zero attached hydrogens (tertiary/aromatic N) is 4. The minimum Gasteiger partial charge on any atom is -0.382 e. The smallest absolute Gasteiger partial charge is 0.167 e. The fraction of sp³-hybridized carbons (Fsp3) is 0.667. The predicted octanol–water partition coefficient (Wildman–Crippen LogP) is 0.762. The molecule has 0 aromatic carbocycles. The van der Waals surface area contributed by atoms with Crippen molar-refractivity contribution in [1.29, 1.82) is 0 Å². The molecular formula is C15H23N5O4. The zero-order valence-electron chi connectivity index (χ0n) is 14.3. The Morgan fingerprint density at radius 3 is 2.67 bits per heavy atom. The second kappa shape index (κ2) is 6.60. The Bertz CT molecular complexity index is 708. The first-order valence-electron chi connectivity index (χ1n) is 7.77. The number of imidazole rings is 1. The molecule has 24 heavy (non-hydrogen) atoms. The van der Waals surface area contributed by atoms with Crippen molar-refractivity contribution in [2.75, 3.05) is 33.7 Å². The number of nitrogens with two attached hydrogens (primary N) is 1. The SMILES string of the molecule is CC[C@]1(COC)O[C@@H](n2cnc3c(N)ncnc32)C(OC)C1OC. The van der Waals surface area contributed by atoms with E-state index in [1.165, 1.54) is 6.33 Å². The van der Waals surface area contributed by atoms with Gasteiger partial charge in [0.05, 0.1) is 12.9 Å². The van der Waals surface area contributed by atoms with Crippen LogP contribution in [0.4, 0.5) is 5.82 Å². The molecule has 3 heterocycles. The number of nitrogen functional groups attached to an aromatic ring is 1. The number of methoxy groups -OCH3 is 3. The number of hydrogen-bond donors (Lipinski definition) is 1. The molecule has 2 aromatic heterocycles. The second-order valence-corrected chi connectivity index (χ2v) is 5.80. The largest absolute Gasteiger partial charge is 0.382 e. The lowest BCUT2D eigenvalue weighted by atomic mass is 9.93. The van der Waals surface area contributed by atoms with Crippen molar-refractivity contribution in [2.45, 2.75) is 37.4 Å². The van der Waals surface area contributed by atoms with E-state index in [0.717, 1.165) is 0 Å². The van der Waals surface area contributed by atoms with Crippen molar-refractivity contribution in [1.82, 2.24) is 19.5 Å². The summed E-state index contributed by atoms with van der Waals surface area (Å²) in [4.78, 5) is 12.6. The molecule has 9 nitrogen and oxygen atoms in total. The van der Waals surface area contributed by atoms with Gasteiger partial charge in [-0.2, -0.15) is 0 Å². The van der Waals surface area contributed by atoms with Gasteiger partial charge < -0.3 is 24.7 Å². The second-order valence-electron chi connectivity index (χ2n) is 5.80. The molecule has 132 valence electrons. The summed E-state index contributed by atoms with van der Waals surface area (Å²) in [6.07, 6.45) is 2.64. The number of hydrogen-bond acceptors (Lipinski definition) is 8. The third kappa shape index (κ3) is 2.44. The molecule has 0 saturated carbocycles. The van der Waals surface area contributed by atoms with Crippen molar-refractivity contribution in [3.63, 3.8) is 0 Å². The van der Waals surface area contributed by atoms with Crippen molar-refractivity contribution in [3.05, 3.63) is 12.7 Å². The molecule has 2 aromatic rings. The standard InChI is InChI=1S/C15H23N5O4/c1-5-15(6-21-2)11(23-4)10(22-3)14(24-15)20-8-19-9-12(16)17-7-18-13(9)20/h7-8,10-11,14H,5-6H2,1-4H3,(H2,16,17,18)/t10?,11?,14-,15-/m1/s1. The summed E-state index contributed by atoms with van der Waals surface area (Å²) in [5.41, 5.74) is 6.38. The Morgan fingerprint density at radius 2 is 2.04 bits per heavy atom. The van der Waals surface area contributed by atoms with Crippen LogP contribution in [0, 0.1) is 0 Å². The van der Waals surface area contributed by atoms with Gasteiger partial charge in [0.2, 0.25) is 0 Å². The summed E-state index contributed by atoms with van der Waals surface area (Å²) in [5, 5.41) is 0. The third-order valence-corrected chi connectivity index (χ3v) is 4.63. The molecule has 1 aliphatic heterocycles. The Balaban J connectivity index is 2.07. The molecule has 9 heteroatoms. The lowest BCUT2D eigenvalue weighted by Gasteiger charge is -2.32. The quantitative estimate of drug-likeness (QED) is 0.823. The Morgan fingerprint density at radius 1 is 1.25 bits per heavy atom. The van der Waals surface area contributed by atoms with Gasteiger partial charge in [0.25, 0.3) is 0 Å². The summed E-state index contributed by atoms with van der Waals surface area (Å²) in [7, 11) is 4.92. The third-order valence-electron chi connectivity index (χ3n) is 4.63. The molecular weight excluding hydrogens is 314 g/mol. The Labute approximate surface area is 140 Å². The maximum absolute atomic E-state index is 6.38. The number of aromatic nitrogens is 4. The highest BCUT2D eigenvalue weighted by Crippen LogP contribution is 2.43. The van der Waals surface area contributed by atoms with Gasteiger partial charge in [-0.15, -0.1) is 0 Å². The molecule has 2 N–H and O–H groups in total. The van der Waals surface area contributed by atoms with Crippen molar-refractivity contribution < 1.29 is 18.9 Å². The molecule has 0 bridgehead atoms. The van der Waals surface area contributed by atoms with Crippen LogP contribution in [-0.2, 0) is 18.9 Å². The summed E-state index contributed by atoms with van der Waals surface area (Å²) in [5.74, 6) is 0.327.